The minimum absolute atomic E-state index is 0.193. The molecule has 1 fully saturated rings. The molecule has 1 aliphatic carbocycles. The van der Waals surface area contributed by atoms with Gasteiger partial charge in [0, 0.05) is 18.5 Å². The summed E-state index contributed by atoms with van der Waals surface area (Å²) in [4.78, 5) is 0. The van der Waals surface area contributed by atoms with E-state index in [2.05, 4.69) is 29.6 Å². The molecule has 18 heavy (non-hydrogen) atoms. The molecule has 2 aliphatic rings. The van der Waals surface area contributed by atoms with E-state index in [9.17, 15) is 0 Å². The average molecular weight is 266 g/mol. The van der Waals surface area contributed by atoms with Gasteiger partial charge in [-0.05, 0) is 36.3 Å². The Morgan fingerprint density at radius 2 is 2.17 bits per heavy atom. The lowest BCUT2D eigenvalue weighted by molar-refractivity contribution is 0.0426. The maximum atomic E-state index is 6.29. The van der Waals surface area contributed by atoms with Crippen molar-refractivity contribution in [3.05, 3.63) is 35.4 Å². The van der Waals surface area contributed by atoms with Crippen LogP contribution in [0.15, 0.2) is 24.3 Å². The third-order valence-corrected chi connectivity index (χ3v) is 4.41. The predicted molar refractivity (Wildman–Crippen MR) is 74.1 cm³/mol. The minimum atomic E-state index is 0.193. The molecule has 1 aliphatic heterocycles. The molecule has 1 aromatic carbocycles. The normalized spacial score (nSPS) is 24.6. The summed E-state index contributed by atoms with van der Waals surface area (Å²) in [6.07, 6.45) is 3.84. The van der Waals surface area contributed by atoms with Gasteiger partial charge in [-0.25, -0.2) is 0 Å². The van der Waals surface area contributed by atoms with Gasteiger partial charge in [0.05, 0.1) is 12.7 Å². The third kappa shape index (κ3) is 2.87. The maximum Gasteiger partial charge on any atom is 0.0952 e. The first kappa shape index (κ1) is 12.5. The lowest BCUT2D eigenvalue weighted by Crippen LogP contribution is -2.31. The van der Waals surface area contributed by atoms with Gasteiger partial charge in [-0.15, -0.1) is 11.6 Å². The number of nitrogens with one attached hydrogen (secondary N) is 1. The van der Waals surface area contributed by atoms with Crippen molar-refractivity contribution < 1.29 is 4.74 Å². The summed E-state index contributed by atoms with van der Waals surface area (Å²) in [6, 6.07) is 8.59. The van der Waals surface area contributed by atoms with E-state index in [1.807, 2.05) is 0 Å². The highest BCUT2D eigenvalue weighted by Gasteiger charge is 2.29. The van der Waals surface area contributed by atoms with Crippen LogP contribution in [0, 0.1) is 5.92 Å². The first-order valence-corrected chi connectivity index (χ1v) is 7.32. The number of ether oxygens (including phenoxy) is 1. The number of rotatable bonds is 5. The Balaban J connectivity index is 1.53. The van der Waals surface area contributed by atoms with Crippen LogP contribution >= 0.6 is 11.6 Å². The van der Waals surface area contributed by atoms with Gasteiger partial charge in [0.15, 0.2) is 0 Å². The molecule has 3 heteroatoms. The molecule has 1 aromatic rings. The zero-order chi connectivity index (χ0) is 12.4. The number of benzene rings is 1. The van der Waals surface area contributed by atoms with Crippen molar-refractivity contribution >= 4 is 11.6 Å². The molecule has 0 bridgehead atoms. The Morgan fingerprint density at radius 3 is 3.00 bits per heavy atom. The van der Waals surface area contributed by atoms with Gasteiger partial charge in [0.1, 0.15) is 0 Å². The van der Waals surface area contributed by atoms with Crippen LogP contribution < -0.4 is 5.32 Å². The van der Waals surface area contributed by atoms with E-state index in [-0.39, 0.29) is 6.10 Å². The molecule has 2 atom stereocenters. The molecule has 0 saturated heterocycles. The molecule has 0 radical (unpaired) electrons. The SMILES string of the molecule is ClC(CNCC1OCCc2ccccc21)C1CC1. The zero-order valence-corrected chi connectivity index (χ0v) is 11.3. The quantitative estimate of drug-likeness (QED) is 0.827. The van der Waals surface area contributed by atoms with Gasteiger partial charge < -0.3 is 10.1 Å². The fraction of sp³-hybridized carbons (Fsp3) is 0.600. The second kappa shape index (κ2) is 5.60. The Labute approximate surface area is 114 Å². The van der Waals surface area contributed by atoms with Gasteiger partial charge in [0.2, 0.25) is 0 Å². The van der Waals surface area contributed by atoms with Gasteiger partial charge in [0.25, 0.3) is 0 Å². The number of alkyl halides is 1. The largest absolute Gasteiger partial charge is 0.372 e. The molecular formula is C15H20ClNO. The lowest BCUT2D eigenvalue weighted by Gasteiger charge is -2.26. The number of fused-ring (bicyclic) bond motifs is 1. The summed E-state index contributed by atoms with van der Waals surface area (Å²) in [6.45, 7) is 2.59. The first-order chi connectivity index (χ1) is 8.84. The average Bonchev–Trinajstić information content (AvgIpc) is 3.23. The molecule has 1 heterocycles. The monoisotopic (exact) mass is 265 g/mol. The van der Waals surface area contributed by atoms with Crippen LogP contribution in [0.4, 0.5) is 0 Å². The van der Waals surface area contributed by atoms with Crippen LogP contribution in [0.5, 0.6) is 0 Å². The molecule has 2 unspecified atom stereocenters. The maximum absolute atomic E-state index is 6.29. The van der Waals surface area contributed by atoms with Crippen molar-refractivity contribution in [2.75, 3.05) is 19.7 Å². The summed E-state index contributed by atoms with van der Waals surface area (Å²) < 4.78 is 5.86. The van der Waals surface area contributed by atoms with Crippen LogP contribution in [0.25, 0.3) is 0 Å². The topological polar surface area (TPSA) is 21.3 Å². The molecule has 1 N–H and O–H groups in total. The number of hydrogen-bond acceptors (Lipinski definition) is 2. The van der Waals surface area contributed by atoms with E-state index in [0.717, 1.165) is 32.0 Å². The molecule has 3 rings (SSSR count). The molecule has 2 nitrogen and oxygen atoms in total. The Kier molecular flexibility index (Phi) is 3.88. The molecule has 1 saturated carbocycles. The molecule has 0 aromatic heterocycles. The van der Waals surface area contributed by atoms with Gasteiger partial charge in [-0.1, -0.05) is 24.3 Å². The van der Waals surface area contributed by atoms with Gasteiger partial charge in [-0.3, -0.25) is 0 Å². The minimum Gasteiger partial charge on any atom is -0.372 e. The summed E-state index contributed by atoms with van der Waals surface area (Å²) in [5.74, 6) is 0.749. The van der Waals surface area contributed by atoms with Crippen LogP contribution in [0.1, 0.15) is 30.1 Å². The van der Waals surface area contributed by atoms with Crippen LogP contribution in [-0.4, -0.2) is 25.1 Å². The smallest absolute Gasteiger partial charge is 0.0952 e. The molecule has 0 spiro atoms. The summed E-state index contributed by atoms with van der Waals surface area (Å²) in [5, 5.41) is 3.76. The highest BCUT2D eigenvalue weighted by atomic mass is 35.5. The molecule has 0 amide bonds. The van der Waals surface area contributed by atoms with Crippen LogP contribution in [-0.2, 0) is 11.2 Å². The zero-order valence-electron chi connectivity index (χ0n) is 10.6. The summed E-state index contributed by atoms with van der Waals surface area (Å²) >= 11 is 6.29. The lowest BCUT2D eigenvalue weighted by atomic mass is 9.97. The highest BCUT2D eigenvalue weighted by molar-refractivity contribution is 6.21. The standard InChI is InChI=1S/C15H20ClNO/c16-14(12-5-6-12)9-17-10-15-13-4-2-1-3-11(13)7-8-18-15/h1-4,12,14-15,17H,5-10H2. The van der Waals surface area contributed by atoms with E-state index in [4.69, 9.17) is 16.3 Å². The van der Waals surface area contributed by atoms with E-state index in [1.54, 1.807) is 0 Å². The molecular weight excluding hydrogens is 246 g/mol. The van der Waals surface area contributed by atoms with Crippen molar-refractivity contribution in [2.24, 2.45) is 5.92 Å². The Bertz CT molecular complexity index is 405. The molecule has 98 valence electrons. The number of halogens is 1. The van der Waals surface area contributed by atoms with Gasteiger partial charge >= 0.3 is 0 Å². The van der Waals surface area contributed by atoms with Gasteiger partial charge in [-0.2, -0.15) is 0 Å². The van der Waals surface area contributed by atoms with Crippen molar-refractivity contribution in [2.45, 2.75) is 30.7 Å². The van der Waals surface area contributed by atoms with Crippen molar-refractivity contribution in [3.8, 4) is 0 Å². The van der Waals surface area contributed by atoms with Crippen LogP contribution in [0.3, 0.4) is 0 Å². The first-order valence-electron chi connectivity index (χ1n) is 6.89. The van der Waals surface area contributed by atoms with E-state index >= 15 is 0 Å². The summed E-state index contributed by atoms with van der Waals surface area (Å²) in [5.41, 5.74) is 2.77. The Morgan fingerprint density at radius 1 is 1.33 bits per heavy atom. The fourth-order valence-electron chi connectivity index (χ4n) is 2.62. The summed E-state index contributed by atoms with van der Waals surface area (Å²) in [7, 11) is 0. The van der Waals surface area contributed by atoms with Crippen molar-refractivity contribution in [1.29, 1.82) is 0 Å². The predicted octanol–water partition coefficient (Wildman–Crippen LogP) is 2.91. The number of hydrogen-bond donors (Lipinski definition) is 1. The van der Waals surface area contributed by atoms with E-state index in [1.165, 1.54) is 24.0 Å². The van der Waals surface area contributed by atoms with Crippen LogP contribution in [0.2, 0.25) is 0 Å². The second-order valence-corrected chi connectivity index (χ2v) is 5.88. The second-order valence-electron chi connectivity index (χ2n) is 5.32. The van der Waals surface area contributed by atoms with Crippen molar-refractivity contribution in [3.63, 3.8) is 0 Å². The fourth-order valence-corrected chi connectivity index (χ4v) is 2.98. The van der Waals surface area contributed by atoms with Crippen molar-refractivity contribution in [1.82, 2.24) is 5.32 Å². The third-order valence-electron chi connectivity index (χ3n) is 3.89. The van der Waals surface area contributed by atoms with E-state index < -0.39 is 0 Å². The highest BCUT2D eigenvalue weighted by Crippen LogP contribution is 2.35. The van der Waals surface area contributed by atoms with E-state index in [0.29, 0.717) is 5.38 Å². The Hall–Kier alpha value is -0.570.